The molecule has 1 aliphatic heterocycles. The summed E-state index contributed by atoms with van der Waals surface area (Å²) in [6.45, 7) is 6.48. The van der Waals surface area contributed by atoms with Crippen molar-refractivity contribution in [2.24, 2.45) is 5.92 Å². The fourth-order valence-electron chi connectivity index (χ4n) is 3.31. The number of anilines is 1. The zero-order valence-corrected chi connectivity index (χ0v) is 18.8. The van der Waals surface area contributed by atoms with Crippen LogP contribution in [0.25, 0.3) is 0 Å². The van der Waals surface area contributed by atoms with Crippen LogP contribution in [-0.2, 0) is 0 Å². The largest absolute Gasteiger partial charge is 0.494 e. The lowest BCUT2D eigenvalue weighted by molar-refractivity contribution is 0.0793. The molecule has 2 amide bonds. The van der Waals surface area contributed by atoms with Crippen LogP contribution in [0.4, 0.5) is 5.69 Å². The molecule has 1 heterocycles. The number of nitrogens with one attached hydrogen (secondary N) is 2. The first-order valence-electron chi connectivity index (χ1n) is 10.7. The summed E-state index contributed by atoms with van der Waals surface area (Å²) in [5, 5.41) is 5.81. The van der Waals surface area contributed by atoms with Gasteiger partial charge in [-0.05, 0) is 73.8 Å². The smallest absolute Gasteiger partial charge is 0.257 e. The minimum atomic E-state index is -0.324. The number of amides is 2. The van der Waals surface area contributed by atoms with E-state index in [1.54, 1.807) is 36.4 Å². The molecule has 0 aliphatic carbocycles. The van der Waals surface area contributed by atoms with Gasteiger partial charge in [-0.1, -0.05) is 26.0 Å². The van der Waals surface area contributed by atoms with Crippen LogP contribution in [0, 0.1) is 5.92 Å². The summed E-state index contributed by atoms with van der Waals surface area (Å²) in [5.74, 6) is 0.957. The highest BCUT2D eigenvalue weighted by molar-refractivity contribution is 7.80. The van der Waals surface area contributed by atoms with Crippen LogP contribution in [-0.4, -0.2) is 41.5 Å². The number of likely N-dealkylation sites (tertiary alicyclic amines) is 1. The average Bonchev–Trinajstić information content (AvgIpc) is 3.29. The van der Waals surface area contributed by atoms with Gasteiger partial charge >= 0.3 is 0 Å². The second-order valence-electron chi connectivity index (χ2n) is 8.01. The van der Waals surface area contributed by atoms with Crippen LogP contribution in [0.3, 0.4) is 0 Å². The molecular formula is C24H29N3O3S. The first kappa shape index (κ1) is 22.7. The number of thiocarbonyl (C=S) groups is 1. The molecular weight excluding hydrogens is 410 g/mol. The number of ether oxygens (including phenoxy) is 1. The van der Waals surface area contributed by atoms with Crippen molar-refractivity contribution in [1.29, 1.82) is 0 Å². The Morgan fingerprint density at radius 3 is 2.42 bits per heavy atom. The number of benzene rings is 2. The number of carbonyl (C=O) groups is 2. The lowest BCUT2D eigenvalue weighted by Gasteiger charge is -2.18. The van der Waals surface area contributed by atoms with Gasteiger partial charge in [0.15, 0.2) is 5.11 Å². The molecule has 0 radical (unpaired) electrons. The van der Waals surface area contributed by atoms with E-state index in [-0.39, 0.29) is 16.9 Å². The van der Waals surface area contributed by atoms with Gasteiger partial charge in [-0.2, -0.15) is 0 Å². The quantitative estimate of drug-likeness (QED) is 0.623. The van der Waals surface area contributed by atoms with E-state index in [1.165, 1.54) is 0 Å². The first-order valence-corrected chi connectivity index (χ1v) is 11.1. The summed E-state index contributed by atoms with van der Waals surface area (Å²) >= 11 is 5.31. The van der Waals surface area contributed by atoms with Gasteiger partial charge < -0.3 is 15.0 Å². The summed E-state index contributed by atoms with van der Waals surface area (Å²) in [6.07, 6.45) is 3.03. The highest BCUT2D eigenvalue weighted by atomic mass is 32.1. The molecule has 1 fully saturated rings. The molecule has 0 atom stereocenters. The highest BCUT2D eigenvalue weighted by Gasteiger charge is 2.22. The van der Waals surface area contributed by atoms with Gasteiger partial charge in [0.25, 0.3) is 11.8 Å². The third-order valence-electron chi connectivity index (χ3n) is 5.11. The molecule has 7 heteroatoms. The van der Waals surface area contributed by atoms with Crippen LogP contribution in [0.5, 0.6) is 5.75 Å². The van der Waals surface area contributed by atoms with Crippen molar-refractivity contribution >= 4 is 34.8 Å². The van der Waals surface area contributed by atoms with E-state index in [0.717, 1.165) is 38.1 Å². The molecule has 1 aliphatic rings. The van der Waals surface area contributed by atoms with Crippen LogP contribution >= 0.6 is 12.2 Å². The van der Waals surface area contributed by atoms with Gasteiger partial charge in [0.1, 0.15) is 5.75 Å². The molecule has 1 saturated heterocycles. The second-order valence-corrected chi connectivity index (χ2v) is 8.42. The number of hydrogen-bond acceptors (Lipinski definition) is 4. The lowest BCUT2D eigenvalue weighted by atomic mass is 10.1. The van der Waals surface area contributed by atoms with Crippen molar-refractivity contribution in [2.45, 2.75) is 33.1 Å². The van der Waals surface area contributed by atoms with E-state index in [0.29, 0.717) is 29.3 Å². The summed E-state index contributed by atoms with van der Waals surface area (Å²) in [6, 6.07) is 14.1. The summed E-state index contributed by atoms with van der Waals surface area (Å²) in [7, 11) is 0. The van der Waals surface area contributed by atoms with Crippen molar-refractivity contribution in [3.05, 3.63) is 59.7 Å². The Morgan fingerprint density at radius 2 is 1.74 bits per heavy atom. The third kappa shape index (κ3) is 6.52. The Balaban J connectivity index is 1.57. The number of hydrogen-bond donors (Lipinski definition) is 2. The van der Waals surface area contributed by atoms with Crippen molar-refractivity contribution in [3.8, 4) is 5.75 Å². The maximum absolute atomic E-state index is 12.8. The second kappa shape index (κ2) is 10.9. The van der Waals surface area contributed by atoms with Crippen LogP contribution in [0.2, 0.25) is 0 Å². The number of carbonyl (C=O) groups excluding carboxylic acids is 2. The topological polar surface area (TPSA) is 70.7 Å². The van der Waals surface area contributed by atoms with Crippen LogP contribution in [0.15, 0.2) is 48.5 Å². The van der Waals surface area contributed by atoms with Gasteiger partial charge in [-0.15, -0.1) is 0 Å². The maximum atomic E-state index is 12.8. The Labute approximate surface area is 189 Å². The molecule has 2 aromatic carbocycles. The van der Waals surface area contributed by atoms with Gasteiger partial charge in [-0.3, -0.25) is 14.9 Å². The highest BCUT2D eigenvalue weighted by Crippen LogP contribution is 2.20. The van der Waals surface area contributed by atoms with Crippen LogP contribution < -0.4 is 15.4 Å². The normalized spacial score (nSPS) is 13.2. The molecule has 164 valence electrons. The van der Waals surface area contributed by atoms with Crippen molar-refractivity contribution < 1.29 is 14.3 Å². The Bertz CT molecular complexity index is 922. The molecule has 31 heavy (non-hydrogen) atoms. The van der Waals surface area contributed by atoms with Gasteiger partial charge in [-0.25, -0.2) is 0 Å². The molecule has 0 aromatic heterocycles. The Kier molecular flexibility index (Phi) is 8.00. The molecule has 0 bridgehead atoms. The Morgan fingerprint density at radius 1 is 1.06 bits per heavy atom. The van der Waals surface area contributed by atoms with E-state index in [9.17, 15) is 9.59 Å². The third-order valence-corrected chi connectivity index (χ3v) is 5.31. The maximum Gasteiger partial charge on any atom is 0.257 e. The standard InChI is InChI=1S/C24H29N3O3S/c1-17(2)13-16-30-19-11-9-18(10-12-19)22(28)26-24(31)25-21-8-4-3-7-20(21)23(29)27-14-5-6-15-27/h3-4,7-12,17H,5-6,13-16H2,1-2H3,(H2,25,26,28,31). The SMILES string of the molecule is CC(C)CCOc1ccc(C(=O)NC(=S)Nc2ccccc2C(=O)N2CCCC2)cc1. The zero-order valence-electron chi connectivity index (χ0n) is 18.0. The fourth-order valence-corrected chi connectivity index (χ4v) is 3.52. The number of nitrogens with zero attached hydrogens (tertiary/aromatic N) is 1. The van der Waals surface area contributed by atoms with Crippen molar-refractivity contribution in [1.82, 2.24) is 10.2 Å². The van der Waals surface area contributed by atoms with E-state index in [2.05, 4.69) is 24.5 Å². The van der Waals surface area contributed by atoms with Gasteiger partial charge in [0, 0.05) is 18.7 Å². The van der Waals surface area contributed by atoms with E-state index >= 15 is 0 Å². The zero-order chi connectivity index (χ0) is 22.2. The molecule has 0 spiro atoms. The van der Waals surface area contributed by atoms with Gasteiger partial charge in [0.05, 0.1) is 17.9 Å². The molecule has 2 N–H and O–H groups in total. The molecule has 0 unspecified atom stereocenters. The number of para-hydroxylation sites is 1. The molecule has 2 aromatic rings. The first-order chi connectivity index (χ1) is 14.9. The van der Waals surface area contributed by atoms with Crippen molar-refractivity contribution in [3.63, 3.8) is 0 Å². The molecule has 6 nitrogen and oxygen atoms in total. The molecule has 3 rings (SSSR count). The van der Waals surface area contributed by atoms with Crippen molar-refractivity contribution in [2.75, 3.05) is 25.0 Å². The van der Waals surface area contributed by atoms with Gasteiger partial charge in [0.2, 0.25) is 0 Å². The fraction of sp³-hybridized carbons (Fsp3) is 0.375. The summed E-state index contributed by atoms with van der Waals surface area (Å²) < 4.78 is 5.68. The Hall–Kier alpha value is -2.93. The van der Waals surface area contributed by atoms with E-state index in [4.69, 9.17) is 17.0 Å². The minimum absolute atomic E-state index is 0.0252. The van der Waals surface area contributed by atoms with E-state index < -0.39 is 0 Å². The minimum Gasteiger partial charge on any atom is -0.494 e. The molecule has 0 saturated carbocycles. The summed E-state index contributed by atoms with van der Waals surface area (Å²) in [5.41, 5.74) is 1.60. The van der Waals surface area contributed by atoms with E-state index in [1.807, 2.05) is 17.0 Å². The summed E-state index contributed by atoms with van der Waals surface area (Å²) in [4.78, 5) is 27.2. The average molecular weight is 440 g/mol. The predicted octanol–water partition coefficient (Wildman–Crippen LogP) is 4.47. The predicted molar refractivity (Wildman–Crippen MR) is 127 cm³/mol. The monoisotopic (exact) mass is 439 g/mol. The lowest BCUT2D eigenvalue weighted by Crippen LogP contribution is -2.35. The number of rotatable bonds is 7. The van der Waals surface area contributed by atoms with Crippen LogP contribution in [0.1, 0.15) is 53.8 Å².